The van der Waals surface area contributed by atoms with E-state index in [1.165, 1.54) is 0 Å². The molecule has 3 aliphatic rings. The molecule has 0 saturated heterocycles. The van der Waals surface area contributed by atoms with Gasteiger partial charge in [-0.3, -0.25) is 4.79 Å². The Hall–Kier alpha value is -3.02. The first-order chi connectivity index (χ1) is 13.6. The summed E-state index contributed by atoms with van der Waals surface area (Å²) in [5, 5.41) is 9.68. The highest BCUT2D eigenvalue weighted by atomic mass is 16.6. The van der Waals surface area contributed by atoms with Crippen LogP contribution >= 0.6 is 0 Å². The molecule has 2 aliphatic heterocycles. The van der Waals surface area contributed by atoms with Crippen molar-refractivity contribution in [3.05, 3.63) is 59.2 Å². The summed E-state index contributed by atoms with van der Waals surface area (Å²) in [6, 6.07) is 12.8. The van der Waals surface area contributed by atoms with E-state index in [2.05, 4.69) is 0 Å². The maximum Gasteiger partial charge on any atom is 0.326 e. The molecule has 0 spiro atoms. The maximum absolute atomic E-state index is 13.2. The number of hydrogen-bond donors (Lipinski definition) is 1. The van der Waals surface area contributed by atoms with Crippen molar-refractivity contribution in [1.29, 1.82) is 0 Å². The first-order valence-corrected chi connectivity index (χ1v) is 9.61. The van der Waals surface area contributed by atoms with Gasteiger partial charge in [0.25, 0.3) is 0 Å². The smallest absolute Gasteiger partial charge is 0.326 e. The summed E-state index contributed by atoms with van der Waals surface area (Å²) in [6.45, 7) is 1.43. The monoisotopic (exact) mass is 379 g/mol. The Morgan fingerprint density at radius 1 is 1.00 bits per heavy atom. The van der Waals surface area contributed by atoms with Gasteiger partial charge in [-0.1, -0.05) is 30.3 Å². The topological polar surface area (TPSA) is 76.1 Å². The van der Waals surface area contributed by atoms with Gasteiger partial charge in [-0.15, -0.1) is 0 Å². The van der Waals surface area contributed by atoms with Crippen LogP contribution in [0.5, 0.6) is 11.5 Å². The lowest BCUT2D eigenvalue weighted by Crippen LogP contribution is -2.49. The fourth-order valence-corrected chi connectivity index (χ4v) is 4.32. The second-order valence-corrected chi connectivity index (χ2v) is 7.64. The van der Waals surface area contributed by atoms with Crippen molar-refractivity contribution >= 4 is 11.9 Å². The number of hydrogen-bond acceptors (Lipinski definition) is 4. The van der Waals surface area contributed by atoms with E-state index in [1.807, 2.05) is 42.5 Å². The minimum absolute atomic E-state index is 0.0678. The van der Waals surface area contributed by atoms with Crippen LogP contribution in [-0.2, 0) is 22.6 Å². The van der Waals surface area contributed by atoms with Gasteiger partial charge in [0.05, 0.1) is 0 Å². The largest absolute Gasteiger partial charge is 0.486 e. The summed E-state index contributed by atoms with van der Waals surface area (Å²) in [7, 11) is 0. The fourth-order valence-electron chi connectivity index (χ4n) is 4.32. The molecule has 1 N–H and O–H groups in total. The molecule has 144 valence electrons. The molecule has 2 aromatic rings. The van der Waals surface area contributed by atoms with Crippen LogP contribution in [-0.4, -0.2) is 41.1 Å². The molecule has 0 bridgehead atoms. The van der Waals surface area contributed by atoms with Gasteiger partial charge in [-0.25, -0.2) is 4.79 Å². The molecule has 1 fully saturated rings. The molecule has 28 heavy (non-hydrogen) atoms. The van der Waals surface area contributed by atoms with E-state index in [0.717, 1.165) is 34.6 Å². The number of aliphatic carboxylic acids is 1. The summed E-state index contributed by atoms with van der Waals surface area (Å²) in [4.78, 5) is 26.5. The van der Waals surface area contributed by atoms with Crippen LogP contribution in [0.3, 0.4) is 0 Å². The number of ether oxygens (including phenoxy) is 2. The number of carbonyl (C=O) groups excluding carboxylic acids is 1. The van der Waals surface area contributed by atoms with E-state index in [1.54, 1.807) is 4.90 Å². The molecule has 5 rings (SSSR count). The van der Waals surface area contributed by atoms with Gasteiger partial charge >= 0.3 is 5.97 Å². The molecule has 1 saturated carbocycles. The van der Waals surface area contributed by atoms with E-state index in [9.17, 15) is 14.7 Å². The highest BCUT2D eigenvalue weighted by Gasteiger charge is 2.48. The number of carboxylic acids is 1. The second-order valence-electron chi connectivity index (χ2n) is 7.64. The molecule has 0 aromatic heterocycles. The average Bonchev–Trinajstić information content (AvgIpc) is 3.52. The van der Waals surface area contributed by atoms with Crippen molar-refractivity contribution in [2.24, 2.45) is 5.92 Å². The van der Waals surface area contributed by atoms with Crippen molar-refractivity contribution in [2.75, 3.05) is 13.2 Å². The number of carbonyl (C=O) groups is 2. The molecule has 0 radical (unpaired) electrons. The van der Waals surface area contributed by atoms with Crippen molar-refractivity contribution < 1.29 is 24.2 Å². The molecule has 2 heterocycles. The quantitative estimate of drug-likeness (QED) is 0.887. The van der Waals surface area contributed by atoms with Crippen molar-refractivity contribution in [3.63, 3.8) is 0 Å². The number of carboxylic acid groups (broad SMARTS) is 1. The number of rotatable bonds is 3. The van der Waals surface area contributed by atoms with Gasteiger partial charge in [-0.05, 0) is 41.2 Å². The summed E-state index contributed by atoms with van der Waals surface area (Å²) >= 11 is 0. The predicted molar refractivity (Wildman–Crippen MR) is 100 cm³/mol. The van der Waals surface area contributed by atoms with Gasteiger partial charge in [0, 0.05) is 18.9 Å². The van der Waals surface area contributed by atoms with Crippen LogP contribution in [0.15, 0.2) is 42.5 Å². The van der Waals surface area contributed by atoms with Crippen LogP contribution in [0.2, 0.25) is 0 Å². The zero-order chi connectivity index (χ0) is 19.3. The van der Waals surface area contributed by atoms with E-state index in [0.29, 0.717) is 26.2 Å². The van der Waals surface area contributed by atoms with Gasteiger partial charge in [0.2, 0.25) is 5.91 Å². The van der Waals surface area contributed by atoms with Crippen LogP contribution in [0, 0.1) is 5.92 Å². The Morgan fingerprint density at radius 3 is 2.54 bits per heavy atom. The Bertz CT molecular complexity index is 956. The zero-order valence-corrected chi connectivity index (χ0v) is 15.3. The SMILES string of the molecule is O=C(O)[C@@H]1Cc2ccccc2CN1C(=O)[C@@H]1C[C@H]1c1ccc2c(c1)OCCO2. The summed E-state index contributed by atoms with van der Waals surface area (Å²) in [5.41, 5.74) is 3.09. The molecule has 1 amide bonds. The van der Waals surface area contributed by atoms with E-state index < -0.39 is 12.0 Å². The third kappa shape index (κ3) is 2.89. The lowest BCUT2D eigenvalue weighted by molar-refractivity contribution is -0.152. The normalized spacial score (nSPS) is 25.0. The Labute approximate surface area is 162 Å². The third-order valence-corrected chi connectivity index (χ3v) is 5.92. The summed E-state index contributed by atoms with van der Waals surface area (Å²) < 4.78 is 11.2. The van der Waals surface area contributed by atoms with Gasteiger partial charge in [0.15, 0.2) is 11.5 Å². The first-order valence-electron chi connectivity index (χ1n) is 9.61. The highest BCUT2D eigenvalue weighted by molar-refractivity contribution is 5.88. The highest BCUT2D eigenvalue weighted by Crippen LogP contribution is 2.50. The first kappa shape index (κ1) is 17.1. The number of fused-ring (bicyclic) bond motifs is 2. The van der Waals surface area contributed by atoms with Gasteiger partial charge in [0.1, 0.15) is 19.3 Å². The van der Waals surface area contributed by atoms with Gasteiger partial charge in [-0.2, -0.15) is 0 Å². The molecule has 1 aliphatic carbocycles. The lowest BCUT2D eigenvalue weighted by Gasteiger charge is -2.34. The van der Waals surface area contributed by atoms with Crippen LogP contribution in [0.1, 0.15) is 29.0 Å². The van der Waals surface area contributed by atoms with E-state index >= 15 is 0 Å². The molecular formula is C22H21NO5. The lowest BCUT2D eigenvalue weighted by atomic mass is 9.93. The zero-order valence-electron chi connectivity index (χ0n) is 15.3. The van der Waals surface area contributed by atoms with Crippen LogP contribution in [0.4, 0.5) is 0 Å². The number of amides is 1. The minimum Gasteiger partial charge on any atom is -0.486 e. The Balaban J connectivity index is 1.36. The minimum atomic E-state index is -0.945. The third-order valence-electron chi connectivity index (χ3n) is 5.92. The van der Waals surface area contributed by atoms with E-state index in [4.69, 9.17) is 9.47 Å². The number of benzene rings is 2. The van der Waals surface area contributed by atoms with Crippen LogP contribution in [0.25, 0.3) is 0 Å². The van der Waals surface area contributed by atoms with Crippen molar-refractivity contribution in [2.45, 2.75) is 31.3 Å². The summed E-state index contributed by atoms with van der Waals surface area (Å²) in [5.74, 6) is 0.375. The average molecular weight is 379 g/mol. The van der Waals surface area contributed by atoms with E-state index in [-0.39, 0.29) is 17.7 Å². The van der Waals surface area contributed by atoms with Crippen molar-refractivity contribution in [3.8, 4) is 11.5 Å². The molecule has 6 nitrogen and oxygen atoms in total. The standard InChI is InChI=1S/C22H21NO5/c24-21(23-12-15-4-2-1-3-13(15)9-18(23)22(25)26)17-11-16(17)14-5-6-19-20(10-14)28-8-7-27-19/h1-6,10,16-18H,7-9,11-12H2,(H,25,26)/t16-,17+,18-/m0/s1. The molecule has 0 unspecified atom stereocenters. The Kier molecular flexibility index (Phi) is 4.00. The van der Waals surface area contributed by atoms with Crippen LogP contribution < -0.4 is 9.47 Å². The second kappa shape index (κ2) is 6.55. The predicted octanol–water partition coefficient (Wildman–Crippen LogP) is 2.60. The van der Waals surface area contributed by atoms with Crippen molar-refractivity contribution in [1.82, 2.24) is 4.90 Å². The molecular weight excluding hydrogens is 358 g/mol. The summed E-state index contributed by atoms with van der Waals surface area (Å²) in [6.07, 6.45) is 1.10. The fraction of sp³-hybridized carbons (Fsp3) is 0.364. The Morgan fingerprint density at radius 2 is 1.75 bits per heavy atom. The molecule has 6 heteroatoms. The maximum atomic E-state index is 13.2. The van der Waals surface area contributed by atoms with Gasteiger partial charge < -0.3 is 19.5 Å². The number of nitrogens with zero attached hydrogens (tertiary/aromatic N) is 1. The molecule has 3 atom stereocenters. The molecule has 2 aromatic carbocycles.